The minimum Gasteiger partial charge on any atom is -0.493 e. The lowest BCUT2D eigenvalue weighted by Crippen LogP contribution is -2.29. The second kappa shape index (κ2) is 12.6. The number of esters is 1. The zero-order valence-corrected chi connectivity index (χ0v) is 24.3. The number of carbonyl (C=O) groups is 1. The third-order valence-corrected chi connectivity index (χ3v) is 6.86. The SMILES string of the molecule is COC(=O)c1c(-c2cc(OC)c(OC)c(OC)c2)c2ccc(OCc3cnccn3)nc2c(=O)n1Cc1cccnc1C. The fourth-order valence-corrected chi connectivity index (χ4v) is 4.76. The number of carbonyl (C=O) groups excluding carboxylic acids is 1. The van der Waals surface area contributed by atoms with Crippen LogP contribution in [0.5, 0.6) is 23.1 Å². The van der Waals surface area contributed by atoms with E-state index in [-0.39, 0.29) is 30.2 Å². The summed E-state index contributed by atoms with van der Waals surface area (Å²) in [5.41, 5.74) is 2.51. The first-order valence-electron chi connectivity index (χ1n) is 13.1. The summed E-state index contributed by atoms with van der Waals surface area (Å²) >= 11 is 0. The van der Waals surface area contributed by atoms with Gasteiger partial charge in [0.1, 0.15) is 17.8 Å². The van der Waals surface area contributed by atoms with Crippen LogP contribution in [0.25, 0.3) is 22.0 Å². The molecule has 0 aliphatic rings. The van der Waals surface area contributed by atoms with E-state index in [2.05, 4.69) is 19.9 Å². The molecule has 0 bridgehead atoms. The van der Waals surface area contributed by atoms with Gasteiger partial charge in [-0.25, -0.2) is 9.78 Å². The van der Waals surface area contributed by atoms with Gasteiger partial charge < -0.3 is 23.7 Å². The number of rotatable bonds is 10. The van der Waals surface area contributed by atoms with Crippen molar-refractivity contribution in [3.05, 3.63) is 94.2 Å². The van der Waals surface area contributed by atoms with Crippen LogP contribution in [0.1, 0.15) is 27.4 Å². The van der Waals surface area contributed by atoms with E-state index < -0.39 is 11.5 Å². The van der Waals surface area contributed by atoms with Crippen LogP contribution in [-0.2, 0) is 17.9 Å². The van der Waals surface area contributed by atoms with Crippen molar-refractivity contribution in [3.8, 4) is 34.3 Å². The van der Waals surface area contributed by atoms with E-state index in [0.29, 0.717) is 45.1 Å². The molecule has 5 aromatic rings. The first kappa shape index (κ1) is 29.0. The fourth-order valence-electron chi connectivity index (χ4n) is 4.76. The van der Waals surface area contributed by atoms with Gasteiger partial charge in [-0.1, -0.05) is 6.07 Å². The maximum Gasteiger partial charge on any atom is 0.355 e. The Hall–Kier alpha value is -5.52. The van der Waals surface area contributed by atoms with Crippen LogP contribution < -0.4 is 24.5 Å². The van der Waals surface area contributed by atoms with Gasteiger partial charge in [-0.2, -0.15) is 0 Å². The Morgan fingerprint density at radius 2 is 1.70 bits per heavy atom. The normalized spacial score (nSPS) is 10.8. The van der Waals surface area contributed by atoms with E-state index in [1.807, 2.05) is 13.0 Å². The van der Waals surface area contributed by atoms with Crippen molar-refractivity contribution in [3.63, 3.8) is 0 Å². The smallest absolute Gasteiger partial charge is 0.355 e. The second-order valence-electron chi connectivity index (χ2n) is 9.30. The van der Waals surface area contributed by atoms with E-state index in [4.69, 9.17) is 23.7 Å². The Balaban J connectivity index is 1.82. The van der Waals surface area contributed by atoms with Gasteiger partial charge in [0, 0.05) is 41.3 Å². The van der Waals surface area contributed by atoms with Gasteiger partial charge in [0.2, 0.25) is 11.6 Å². The highest BCUT2D eigenvalue weighted by Gasteiger charge is 2.27. The average molecular weight is 584 g/mol. The number of fused-ring (bicyclic) bond motifs is 1. The van der Waals surface area contributed by atoms with Crippen LogP contribution in [-0.4, -0.2) is 58.9 Å². The number of ether oxygens (including phenoxy) is 5. The van der Waals surface area contributed by atoms with Crippen LogP contribution in [0.15, 0.2) is 66.0 Å². The van der Waals surface area contributed by atoms with Gasteiger partial charge in [0.25, 0.3) is 5.56 Å². The largest absolute Gasteiger partial charge is 0.493 e. The van der Waals surface area contributed by atoms with Gasteiger partial charge in [-0.05, 0) is 42.3 Å². The minimum atomic E-state index is -0.715. The summed E-state index contributed by atoms with van der Waals surface area (Å²) in [4.78, 5) is 44.9. The van der Waals surface area contributed by atoms with Gasteiger partial charge in [-0.3, -0.25) is 24.3 Å². The van der Waals surface area contributed by atoms with Crippen LogP contribution in [0, 0.1) is 6.92 Å². The third kappa shape index (κ3) is 5.67. The minimum absolute atomic E-state index is 0.0209. The molecule has 0 aliphatic heterocycles. The summed E-state index contributed by atoms with van der Waals surface area (Å²) in [5.74, 6) is 0.570. The average Bonchev–Trinajstić information content (AvgIpc) is 3.05. The highest BCUT2D eigenvalue weighted by atomic mass is 16.5. The van der Waals surface area contributed by atoms with E-state index in [1.165, 1.54) is 33.0 Å². The number of pyridine rings is 3. The molecule has 0 radical (unpaired) electrons. The quantitative estimate of drug-likeness (QED) is 0.221. The van der Waals surface area contributed by atoms with Crippen LogP contribution in [0.4, 0.5) is 0 Å². The molecule has 12 nitrogen and oxygen atoms in total. The molecule has 220 valence electrons. The van der Waals surface area contributed by atoms with E-state index >= 15 is 0 Å². The van der Waals surface area contributed by atoms with Gasteiger partial charge in [-0.15, -0.1) is 0 Å². The molecule has 0 fully saturated rings. The van der Waals surface area contributed by atoms with Gasteiger partial charge in [0.05, 0.1) is 46.9 Å². The van der Waals surface area contributed by atoms with Gasteiger partial charge >= 0.3 is 5.97 Å². The Bertz CT molecular complexity index is 1830. The zero-order chi connectivity index (χ0) is 30.5. The standard InChI is InChI=1S/C31H29N5O7/c1-18-19(7-6-10-33-18)16-36-28(31(38)42-5)26(20-13-23(39-2)29(41-4)24(14-20)40-3)22-8-9-25(35-27(22)30(36)37)43-17-21-15-32-11-12-34-21/h6-15H,16-17H2,1-5H3. The van der Waals surface area contributed by atoms with Crippen molar-refractivity contribution in [1.29, 1.82) is 0 Å². The molecule has 0 atom stereocenters. The molecule has 4 heterocycles. The number of aromatic nitrogens is 5. The van der Waals surface area contributed by atoms with Crippen LogP contribution in [0.2, 0.25) is 0 Å². The van der Waals surface area contributed by atoms with E-state index in [9.17, 15) is 9.59 Å². The molecular weight excluding hydrogens is 554 g/mol. The molecule has 0 N–H and O–H groups in total. The summed E-state index contributed by atoms with van der Waals surface area (Å²) in [6.45, 7) is 1.95. The summed E-state index contributed by atoms with van der Waals surface area (Å²) in [5, 5.41) is 0.394. The Morgan fingerprint density at radius 1 is 0.930 bits per heavy atom. The van der Waals surface area contributed by atoms with Crippen molar-refractivity contribution in [1.82, 2.24) is 24.5 Å². The van der Waals surface area contributed by atoms with Crippen molar-refractivity contribution >= 4 is 16.9 Å². The lowest BCUT2D eigenvalue weighted by Gasteiger charge is -2.20. The molecular formula is C31H29N5O7. The lowest BCUT2D eigenvalue weighted by molar-refractivity contribution is 0.0588. The van der Waals surface area contributed by atoms with Crippen LogP contribution >= 0.6 is 0 Å². The maximum atomic E-state index is 14.2. The topological polar surface area (TPSA) is 137 Å². The summed E-state index contributed by atoms with van der Waals surface area (Å²) in [6, 6.07) is 10.3. The monoisotopic (exact) mass is 583 g/mol. The number of benzene rings is 1. The number of nitrogens with zero attached hydrogens (tertiary/aromatic N) is 5. The van der Waals surface area contributed by atoms with Crippen molar-refractivity contribution in [2.45, 2.75) is 20.1 Å². The molecule has 1 aromatic carbocycles. The number of aryl methyl sites for hydroxylation is 1. The van der Waals surface area contributed by atoms with E-state index in [0.717, 1.165) is 5.56 Å². The Labute approximate surface area is 246 Å². The first-order valence-corrected chi connectivity index (χ1v) is 13.1. The van der Waals surface area contributed by atoms with Crippen molar-refractivity contribution in [2.24, 2.45) is 0 Å². The molecule has 12 heteroatoms. The van der Waals surface area contributed by atoms with Crippen molar-refractivity contribution in [2.75, 3.05) is 28.4 Å². The fraction of sp³-hybridized carbons (Fsp3) is 0.226. The zero-order valence-electron chi connectivity index (χ0n) is 24.3. The molecule has 0 amide bonds. The van der Waals surface area contributed by atoms with Crippen LogP contribution in [0.3, 0.4) is 0 Å². The van der Waals surface area contributed by atoms with E-state index in [1.54, 1.807) is 55.1 Å². The number of hydrogen-bond donors (Lipinski definition) is 0. The van der Waals surface area contributed by atoms with Crippen molar-refractivity contribution < 1.29 is 28.5 Å². The highest BCUT2D eigenvalue weighted by molar-refractivity contribution is 6.06. The summed E-state index contributed by atoms with van der Waals surface area (Å²) in [6.07, 6.45) is 6.36. The Morgan fingerprint density at radius 3 is 2.33 bits per heavy atom. The van der Waals surface area contributed by atoms with Gasteiger partial charge in [0.15, 0.2) is 11.5 Å². The molecule has 0 saturated carbocycles. The summed E-state index contributed by atoms with van der Waals surface area (Å²) in [7, 11) is 5.75. The first-order chi connectivity index (χ1) is 20.9. The molecule has 0 saturated heterocycles. The molecule has 0 spiro atoms. The molecule has 0 unspecified atom stereocenters. The second-order valence-corrected chi connectivity index (χ2v) is 9.30. The predicted octanol–water partition coefficient (Wildman–Crippen LogP) is 4.00. The number of hydrogen-bond acceptors (Lipinski definition) is 11. The molecule has 43 heavy (non-hydrogen) atoms. The molecule has 0 aliphatic carbocycles. The third-order valence-electron chi connectivity index (χ3n) is 6.86. The lowest BCUT2D eigenvalue weighted by atomic mass is 9.97. The highest BCUT2D eigenvalue weighted by Crippen LogP contribution is 2.43. The predicted molar refractivity (Wildman–Crippen MR) is 157 cm³/mol. The number of methoxy groups -OCH3 is 4. The Kier molecular flexibility index (Phi) is 8.46. The molecule has 5 rings (SSSR count). The summed E-state index contributed by atoms with van der Waals surface area (Å²) < 4.78 is 29.1. The maximum absolute atomic E-state index is 14.2. The molecule has 4 aromatic heterocycles.